The molecule has 2 N–H and O–H groups in total. The van der Waals surface area contributed by atoms with Crippen LogP contribution >= 0.6 is 0 Å². The molecule has 0 aliphatic heterocycles. The van der Waals surface area contributed by atoms with E-state index in [2.05, 4.69) is 20.8 Å². The quantitative estimate of drug-likeness (QED) is 0.660. The molecule has 0 aromatic heterocycles. The van der Waals surface area contributed by atoms with Crippen LogP contribution in [0.15, 0.2) is 24.3 Å². The standard InChI is InChI=1S/C19H27NO4/c1-12(2)16-9-4-13(3)10-17(16)24-18(21)11-23-19(22)14-5-7-15(20)8-6-14/h5-8,12-13,16-17H,4,9-11,20H2,1-3H3/t13-,16+,17+/m0/s1. The Morgan fingerprint density at radius 2 is 1.88 bits per heavy atom. The summed E-state index contributed by atoms with van der Waals surface area (Å²) >= 11 is 0. The van der Waals surface area contributed by atoms with Crippen molar-refractivity contribution in [1.29, 1.82) is 0 Å². The van der Waals surface area contributed by atoms with Crippen molar-refractivity contribution in [3.05, 3.63) is 29.8 Å². The van der Waals surface area contributed by atoms with Crippen molar-refractivity contribution >= 4 is 17.6 Å². The third-order valence-electron chi connectivity index (χ3n) is 4.71. The molecule has 2 rings (SSSR count). The summed E-state index contributed by atoms with van der Waals surface area (Å²) in [6, 6.07) is 6.37. The number of hydrogen-bond donors (Lipinski definition) is 1. The molecule has 1 fully saturated rings. The summed E-state index contributed by atoms with van der Waals surface area (Å²) in [6.07, 6.45) is 3.03. The average molecular weight is 333 g/mol. The number of nitrogens with two attached hydrogens (primary N) is 1. The van der Waals surface area contributed by atoms with Crippen molar-refractivity contribution in [3.8, 4) is 0 Å². The zero-order chi connectivity index (χ0) is 17.7. The molecule has 1 aliphatic carbocycles. The van der Waals surface area contributed by atoms with Crippen LogP contribution < -0.4 is 5.73 Å². The Morgan fingerprint density at radius 3 is 2.50 bits per heavy atom. The summed E-state index contributed by atoms with van der Waals surface area (Å²) in [5, 5.41) is 0. The van der Waals surface area contributed by atoms with Crippen molar-refractivity contribution in [3.63, 3.8) is 0 Å². The summed E-state index contributed by atoms with van der Waals surface area (Å²) < 4.78 is 10.6. The average Bonchev–Trinajstić information content (AvgIpc) is 2.53. The van der Waals surface area contributed by atoms with Gasteiger partial charge in [-0.15, -0.1) is 0 Å². The molecule has 132 valence electrons. The van der Waals surface area contributed by atoms with Gasteiger partial charge in [0, 0.05) is 5.69 Å². The summed E-state index contributed by atoms with van der Waals surface area (Å²) in [7, 11) is 0. The summed E-state index contributed by atoms with van der Waals surface area (Å²) in [5.74, 6) is 0.355. The Kier molecular flexibility index (Phi) is 6.23. The lowest BCUT2D eigenvalue weighted by Crippen LogP contribution is -2.36. The van der Waals surface area contributed by atoms with E-state index in [9.17, 15) is 9.59 Å². The summed E-state index contributed by atoms with van der Waals surface area (Å²) in [6.45, 7) is 6.13. The molecule has 3 atom stereocenters. The molecule has 1 saturated carbocycles. The van der Waals surface area contributed by atoms with Gasteiger partial charge in [-0.3, -0.25) is 0 Å². The molecule has 0 heterocycles. The summed E-state index contributed by atoms with van der Waals surface area (Å²) in [4.78, 5) is 24.0. The second-order valence-corrected chi connectivity index (χ2v) is 7.05. The third-order valence-corrected chi connectivity index (χ3v) is 4.71. The molecule has 0 unspecified atom stereocenters. The van der Waals surface area contributed by atoms with Gasteiger partial charge in [-0.2, -0.15) is 0 Å². The molecule has 0 amide bonds. The van der Waals surface area contributed by atoms with Gasteiger partial charge in [-0.25, -0.2) is 9.59 Å². The van der Waals surface area contributed by atoms with E-state index in [0.717, 1.165) is 12.8 Å². The van der Waals surface area contributed by atoms with Gasteiger partial charge >= 0.3 is 11.9 Å². The number of benzene rings is 1. The molecular formula is C19H27NO4. The van der Waals surface area contributed by atoms with Crippen LogP contribution in [0.4, 0.5) is 5.69 Å². The van der Waals surface area contributed by atoms with Crippen LogP contribution in [-0.4, -0.2) is 24.6 Å². The highest BCUT2D eigenvalue weighted by atomic mass is 16.6. The predicted molar refractivity (Wildman–Crippen MR) is 92.4 cm³/mol. The first-order chi connectivity index (χ1) is 11.4. The number of ether oxygens (including phenoxy) is 2. The molecule has 1 aliphatic rings. The van der Waals surface area contributed by atoms with Crippen molar-refractivity contribution in [1.82, 2.24) is 0 Å². The van der Waals surface area contributed by atoms with Gasteiger partial charge in [-0.05, 0) is 54.9 Å². The number of hydrogen-bond acceptors (Lipinski definition) is 5. The highest BCUT2D eigenvalue weighted by Gasteiger charge is 2.33. The van der Waals surface area contributed by atoms with Crippen molar-refractivity contribution < 1.29 is 19.1 Å². The molecule has 0 bridgehead atoms. The van der Waals surface area contributed by atoms with E-state index in [0.29, 0.717) is 29.0 Å². The fourth-order valence-electron chi connectivity index (χ4n) is 3.28. The highest BCUT2D eigenvalue weighted by Crippen LogP contribution is 2.35. The number of rotatable bonds is 5. The van der Waals surface area contributed by atoms with E-state index in [-0.39, 0.29) is 12.7 Å². The maximum Gasteiger partial charge on any atom is 0.344 e. The molecule has 1 aromatic rings. The first-order valence-electron chi connectivity index (χ1n) is 8.59. The zero-order valence-corrected chi connectivity index (χ0v) is 14.7. The normalized spacial score (nSPS) is 23.8. The molecular weight excluding hydrogens is 306 g/mol. The number of esters is 2. The van der Waals surface area contributed by atoms with Crippen LogP contribution in [0, 0.1) is 17.8 Å². The Hall–Kier alpha value is -2.04. The summed E-state index contributed by atoms with van der Waals surface area (Å²) in [5.41, 5.74) is 6.51. The minimum atomic E-state index is -0.552. The van der Waals surface area contributed by atoms with Gasteiger partial charge in [0.05, 0.1) is 5.56 Å². The van der Waals surface area contributed by atoms with Gasteiger partial charge in [0.2, 0.25) is 0 Å². The van der Waals surface area contributed by atoms with E-state index in [4.69, 9.17) is 15.2 Å². The van der Waals surface area contributed by atoms with Gasteiger partial charge in [0.1, 0.15) is 6.10 Å². The first-order valence-corrected chi connectivity index (χ1v) is 8.59. The molecule has 0 saturated heterocycles. The van der Waals surface area contributed by atoms with Crippen molar-refractivity contribution in [2.45, 2.75) is 46.1 Å². The van der Waals surface area contributed by atoms with Gasteiger partial charge in [-0.1, -0.05) is 27.2 Å². The molecule has 5 nitrogen and oxygen atoms in total. The highest BCUT2D eigenvalue weighted by molar-refractivity contribution is 5.91. The number of carbonyl (C=O) groups is 2. The zero-order valence-electron chi connectivity index (χ0n) is 14.7. The second kappa shape index (κ2) is 8.18. The van der Waals surface area contributed by atoms with Crippen LogP contribution in [-0.2, 0) is 14.3 Å². The maximum atomic E-state index is 12.1. The molecule has 0 radical (unpaired) electrons. The molecule has 1 aromatic carbocycles. The first kappa shape index (κ1) is 18.3. The minimum Gasteiger partial charge on any atom is -0.460 e. The molecule has 5 heteroatoms. The maximum absolute atomic E-state index is 12.1. The second-order valence-electron chi connectivity index (χ2n) is 7.05. The fourth-order valence-corrected chi connectivity index (χ4v) is 3.28. The van der Waals surface area contributed by atoms with Gasteiger partial charge in [0.15, 0.2) is 6.61 Å². The number of nitrogen functional groups attached to an aromatic ring is 1. The van der Waals surface area contributed by atoms with Crippen molar-refractivity contribution in [2.75, 3.05) is 12.3 Å². The van der Waals surface area contributed by atoms with Crippen LogP contribution in [0.25, 0.3) is 0 Å². The van der Waals surface area contributed by atoms with E-state index < -0.39 is 11.9 Å². The Balaban J connectivity index is 1.85. The Morgan fingerprint density at radius 1 is 1.21 bits per heavy atom. The van der Waals surface area contributed by atoms with Crippen LogP contribution in [0.5, 0.6) is 0 Å². The molecule has 24 heavy (non-hydrogen) atoms. The van der Waals surface area contributed by atoms with Gasteiger partial charge < -0.3 is 15.2 Å². The minimum absolute atomic E-state index is 0.0866. The third kappa shape index (κ3) is 4.98. The lowest BCUT2D eigenvalue weighted by Gasteiger charge is -2.36. The van der Waals surface area contributed by atoms with Crippen molar-refractivity contribution in [2.24, 2.45) is 17.8 Å². The van der Waals surface area contributed by atoms with E-state index >= 15 is 0 Å². The Bertz CT molecular complexity index is 567. The van der Waals surface area contributed by atoms with Crippen LogP contribution in [0.2, 0.25) is 0 Å². The SMILES string of the molecule is CC(C)[C@H]1CC[C@H](C)C[C@H]1OC(=O)COC(=O)c1ccc(N)cc1. The van der Waals surface area contributed by atoms with E-state index in [1.165, 1.54) is 6.42 Å². The van der Waals surface area contributed by atoms with Crippen LogP contribution in [0.1, 0.15) is 50.4 Å². The predicted octanol–water partition coefficient (Wildman–Crippen LogP) is 3.43. The number of anilines is 1. The Labute approximate surface area is 143 Å². The van der Waals surface area contributed by atoms with Gasteiger partial charge in [0.25, 0.3) is 0 Å². The number of carbonyl (C=O) groups excluding carboxylic acids is 2. The largest absolute Gasteiger partial charge is 0.460 e. The molecule has 0 spiro atoms. The monoisotopic (exact) mass is 333 g/mol. The lowest BCUT2D eigenvalue weighted by atomic mass is 9.75. The van der Waals surface area contributed by atoms with E-state index in [1.54, 1.807) is 24.3 Å². The smallest absolute Gasteiger partial charge is 0.344 e. The fraction of sp³-hybridized carbons (Fsp3) is 0.579. The van der Waals surface area contributed by atoms with Crippen LogP contribution in [0.3, 0.4) is 0 Å². The lowest BCUT2D eigenvalue weighted by molar-refractivity contribution is -0.159. The topological polar surface area (TPSA) is 78.6 Å². The van der Waals surface area contributed by atoms with E-state index in [1.807, 2.05) is 0 Å².